The number of aryl methyl sites for hydroxylation is 3. The smallest absolute Gasteiger partial charge is 0.154 e. The minimum absolute atomic E-state index is 0.259. The third-order valence-electron chi connectivity index (χ3n) is 5.73. The molecule has 0 aliphatic carbocycles. The molecule has 27 heavy (non-hydrogen) atoms. The molecule has 6 nitrogen and oxygen atoms in total. The maximum absolute atomic E-state index is 10.4. The molecule has 6 heteroatoms. The first-order valence-corrected chi connectivity index (χ1v) is 9.65. The Labute approximate surface area is 160 Å². The first kappa shape index (κ1) is 18.2. The molecule has 4 rings (SSSR count). The number of piperidine rings is 1. The van der Waals surface area contributed by atoms with Crippen LogP contribution in [0, 0.1) is 20.8 Å². The van der Waals surface area contributed by atoms with E-state index in [1.54, 1.807) is 6.07 Å². The number of benzene rings is 1. The van der Waals surface area contributed by atoms with E-state index in [9.17, 15) is 5.11 Å². The van der Waals surface area contributed by atoms with Crippen molar-refractivity contribution in [2.24, 2.45) is 0 Å². The number of nitrogens with zero attached hydrogens (tertiary/aromatic N) is 4. The fraction of sp³-hybridized carbons (Fsp3) is 0.524. The van der Waals surface area contributed by atoms with Crippen LogP contribution in [0.1, 0.15) is 23.1 Å². The molecule has 0 spiro atoms. The van der Waals surface area contributed by atoms with Gasteiger partial charge in [0.1, 0.15) is 5.75 Å². The fourth-order valence-electron chi connectivity index (χ4n) is 4.46. The number of aromatic hydroxyl groups is 1. The fourth-order valence-corrected chi connectivity index (χ4v) is 4.46. The van der Waals surface area contributed by atoms with E-state index < -0.39 is 0 Å². The largest absolute Gasteiger partial charge is 0.507 e. The van der Waals surface area contributed by atoms with Gasteiger partial charge in [-0.25, -0.2) is 0 Å². The number of ether oxygens (including phenoxy) is 1. The van der Waals surface area contributed by atoms with Crippen LogP contribution in [0.4, 0.5) is 5.82 Å². The monoisotopic (exact) mass is 368 g/mol. The first-order valence-electron chi connectivity index (χ1n) is 9.65. The van der Waals surface area contributed by atoms with Crippen LogP contribution in [0.2, 0.25) is 0 Å². The van der Waals surface area contributed by atoms with Crippen molar-refractivity contribution in [2.45, 2.75) is 39.3 Å². The molecule has 2 aliphatic rings. The standard InChI is InChI=1S/C21H28N4O2/c1-13-9-14(2)20(18(26)10-13)16-11-15(3)21(23-22-16)25-7-8-27-19-5-6-24(4)12-17(19)25/h9-11,17,19,26H,5-8,12H2,1-4H3/t17-,19+/m0/s1. The predicted molar refractivity (Wildman–Crippen MR) is 106 cm³/mol. The molecule has 2 fully saturated rings. The van der Waals surface area contributed by atoms with Crippen LogP contribution in [0.5, 0.6) is 5.75 Å². The molecule has 2 atom stereocenters. The van der Waals surface area contributed by atoms with Gasteiger partial charge < -0.3 is 19.6 Å². The normalized spacial score (nSPS) is 23.3. The van der Waals surface area contributed by atoms with E-state index in [0.717, 1.165) is 66.4 Å². The number of aromatic nitrogens is 2. The first-order chi connectivity index (χ1) is 12.9. The van der Waals surface area contributed by atoms with Crippen LogP contribution in [0.25, 0.3) is 11.3 Å². The topological polar surface area (TPSA) is 61.7 Å². The average Bonchev–Trinajstić information content (AvgIpc) is 2.61. The molecule has 1 aromatic carbocycles. The summed E-state index contributed by atoms with van der Waals surface area (Å²) in [5, 5.41) is 19.5. The van der Waals surface area contributed by atoms with Crippen LogP contribution >= 0.6 is 0 Å². The summed E-state index contributed by atoms with van der Waals surface area (Å²) in [6.45, 7) is 9.66. The third kappa shape index (κ3) is 3.39. The minimum atomic E-state index is 0.259. The molecule has 0 bridgehead atoms. The molecule has 1 N–H and O–H groups in total. The van der Waals surface area contributed by atoms with Gasteiger partial charge in [0.05, 0.1) is 24.4 Å². The quantitative estimate of drug-likeness (QED) is 0.879. The second-order valence-electron chi connectivity index (χ2n) is 7.93. The van der Waals surface area contributed by atoms with Crippen LogP contribution in [-0.4, -0.2) is 65.6 Å². The lowest BCUT2D eigenvalue weighted by Gasteiger charge is -2.47. The van der Waals surface area contributed by atoms with Crippen molar-refractivity contribution in [3.8, 4) is 17.0 Å². The zero-order chi connectivity index (χ0) is 19.1. The number of phenolic OH excluding ortho intramolecular Hbond substituents is 1. The molecule has 0 amide bonds. The van der Waals surface area contributed by atoms with Crippen LogP contribution in [0.3, 0.4) is 0 Å². The highest BCUT2D eigenvalue weighted by Gasteiger charge is 2.37. The lowest BCUT2D eigenvalue weighted by molar-refractivity contribution is -0.0246. The average molecular weight is 368 g/mol. The Balaban J connectivity index is 1.68. The summed E-state index contributed by atoms with van der Waals surface area (Å²) in [6.07, 6.45) is 1.32. The minimum Gasteiger partial charge on any atom is -0.507 e. The van der Waals surface area contributed by atoms with Gasteiger partial charge in [0.15, 0.2) is 5.82 Å². The number of likely N-dealkylation sites (N-methyl/N-ethyl adjacent to an activating group) is 1. The summed E-state index contributed by atoms with van der Waals surface area (Å²) in [7, 11) is 2.16. The number of likely N-dealkylation sites (tertiary alicyclic amines) is 1. The van der Waals surface area contributed by atoms with Crippen LogP contribution in [-0.2, 0) is 4.74 Å². The molecule has 144 valence electrons. The van der Waals surface area contributed by atoms with E-state index in [1.807, 2.05) is 19.9 Å². The van der Waals surface area contributed by atoms with Gasteiger partial charge in [-0.3, -0.25) is 0 Å². The summed E-state index contributed by atoms with van der Waals surface area (Å²) >= 11 is 0. The Kier molecular flexibility index (Phi) is 4.78. The lowest BCUT2D eigenvalue weighted by atomic mass is 9.98. The second kappa shape index (κ2) is 7.09. The summed E-state index contributed by atoms with van der Waals surface area (Å²) in [4.78, 5) is 4.71. The number of hydrogen-bond donors (Lipinski definition) is 1. The van der Waals surface area contributed by atoms with Gasteiger partial charge in [-0.1, -0.05) is 6.07 Å². The maximum atomic E-state index is 10.4. The highest BCUT2D eigenvalue weighted by atomic mass is 16.5. The van der Waals surface area contributed by atoms with Crippen molar-refractivity contribution in [1.82, 2.24) is 15.1 Å². The Morgan fingerprint density at radius 3 is 2.63 bits per heavy atom. The van der Waals surface area contributed by atoms with Crippen molar-refractivity contribution in [3.63, 3.8) is 0 Å². The van der Waals surface area contributed by atoms with E-state index in [2.05, 4.69) is 40.0 Å². The zero-order valence-corrected chi connectivity index (χ0v) is 16.6. The lowest BCUT2D eigenvalue weighted by Crippen LogP contribution is -2.59. The molecule has 2 aliphatic heterocycles. The van der Waals surface area contributed by atoms with Crippen molar-refractivity contribution in [3.05, 3.63) is 34.9 Å². The molecule has 0 saturated carbocycles. The van der Waals surface area contributed by atoms with Crippen molar-refractivity contribution >= 4 is 5.82 Å². The number of fused-ring (bicyclic) bond motifs is 1. The maximum Gasteiger partial charge on any atom is 0.154 e. The SMILES string of the molecule is Cc1cc(C)c(-c2cc(C)c(N3CCO[C@@H]4CCN(C)C[C@@H]43)nn2)c(O)c1. The highest BCUT2D eigenvalue weighted by Crippen LogP contribution is 2.34. The predicted octanol–water partition coefficient (Wildman–Crippen LogP) is 2.68. The van der Waals surface area contributed by atoms with Crippen LogP contribution in [0.15, 0.2) is 18.2 Å². The Morgan fingerprint density at radius 2 is 1.89 bits per heavy atom. The number of rotatable bonds is 2. The molecular weight excluding hydrogens is 340 g/mol. The van der Waals surface area contributed by atoms with Gasteiger partial charge in [0.2, 0.25) is 0 Å². The third-order valence-corrected chi connectivity index (χ3v) is 5.73. The molecule has 1 aromatic heterocycles. The van der Waals surface area contributed by atoms with Gasteiger partial charge >= 0.3 is 0 Å². The summed E-state index contributed by atoms with van der Waals surface area (Å²) in [5.41, 5.74) is 4.61. The number of anilines is 1. The van der Waals surface area contributed by atoms with E-state index >= 15 is 0 Å². The molecule has 3 heterocycles. The Morgan fingerprint density at radius 1 is 1.07 bits per heavy atom. The Bertz CT molecular complexity index is 831. The van der Waals surface area contributed by atoms with E-state index in [1.165, 1.54) is 0 Å². The number of morpholine rings is 1. The van der Waals surface area contributed by atoms with Gasteiger partial charge in [-0.05, 0) is 63.1 Å². The Hall–Kier alpha value is -2.18. The summed E-state index contributed by atoms with van der Waals surface area (Å²) < 4.78 is 6.01. The molecule has 2 aromatic rings. The molecular formula is C21H28N4O2. The highest BCUT2D eigenvalue weighted by molar-refractivity contribution is 5.72. The van der Waals surface area contributed by atoms with Gasteiger partial charge in [-0.15, -0.1) is 10.2 Å². The molecule has 0 unspecified atom stereocenters. The molecule has 2 saturated heterocycles. The van der Waals surface area contributed by atoms with Crippen molar-refractivity contribution < 1.29 is 9.84 Å². The molecule has 0 radical (unpaired) electrons. The van der Waals surface area contributed by atoms with Gasteiger partial charge in [0, 0.05) is 25.2 Å². The van der Waals surface area contributed by atoms with Crippen molar-refractivity contribution in [1.29, 1.82) is 0 Å². The second-order valence-corrected chi connectivity index (χ2v) is 7.93. The van der Waals surface area contributed by atoms with Crippen molar-refractivity contribution in [2.75, 3.05) is 38.2 Å². The van der Waals surface area contributed by atoms with Gasteiger partial charge in [0.25, 0.3) is 0 Å². The number of phenols is 1. The number of hydrogen-bond acceptors (Lipinski definition) is 6. The zero-order valence-electron chi connectivity index (χ0n) is 16.6. The van der Waals surface area contributed by atoms with Crippen LogP contribution < -0.4 is 4.90 Å². The van der Waals surface area contributed by atoms with E-state index in [4.69, 9.17) is 4.74 Å². The van der Waals surface area contributed by atoms with Gasteiger partial charge in [-0.2, -0.15) is 0 Å². The summed E-state index contributed by atoms with van der Waals surface area (Å²) in [6, 6.07) is 6.18. The van der Waals surface area contributed by atoms with E-state index in [-0.39, 0.29) is 11.9 Å². The summed E-state index contributed by atoms with van der Waals surface area (Å²) in [5.74, 6) is 1.19. The van der Waals surface area contributed by atoms with E-state index in [0.29, 0.717) is 6.04 Å².